The zero-order chi connectivity index (χ0) is 26.2. The van der Waals surface area contributed by atoms with Gasteiger partial charge in [0.05, 0.1) is 17.3 Å². The molecule has 2 aromatic rings. The van der Waals surface area contributed by atoms with Crippen LogP contribution in [-0.2, 0) is 6.42 Å². The predicted molar refractivity (Wildman–Crippen MR) is 151 cm³/mol. The topological polar surface area (TPSA) is 77.2 Å². The van der Waals surface area contributed by atoms with Crippen LogP contribution in [0.15, 0.2) is 77.3 Å². The molecule has 1 fully saturated rings. The Morgan fingerprint density at radius 2 is 1.92 bits per heavy atom. The Morgan fingerprint density at radius 3 is 2.53 bits per heavy atom. The number of aliphatic imine (C=N–C) groups is 1. The average molecular weight is 485 g/mol. The largest absolute Gasteiger partial charge is 0.372 e. The second kappa shape index (κ2) is 16.2. The number of nitrogens with zero attached hydrogens (tertiary/aromatic N) is 5. The number of rotatable bonds is 8. The summed E-state index contributed by atoms with van der Waals surface area (Å²) >= 11 is 0. The minimum absolute atomic E-state index is 0.698. The molecule has 1 N–H and O–H groups in total. The fourth-order valence-corrected chi connectivity index (χ4v) is 4.03. The maximum Gasteiger partial charge on any atom is 0.0992 e. The molecule has 0 saturated carbocycles. The lowest BCUT2D eigenvalue weighted by molar-refractivity contribution is 0.299. The van der Waals surface area contributed by atoms with Crippen LogP contribution >= 0.6 is 0 Å². The SMILES string of the molecule is CCCc1cc(C#N)ccn1.C\C=C(C(/C(C)=N/C=C/CC)=C(/C)N1CCNCC1)\c1ccccn1. The van der Waals surface area contributed by atoms with E-state index >= 15 is 0 Å². The molecule has 36 heavy (non-hydrogen) atoms. The molecule has 2 aromatic heterocycles. The van der Waals surface area contributed by atoms with Crippen LogP contribution in [0.4, 0.5) is 0 Å². The lowest BCUT2D eigenvalue weighted by Crippen LogP contribution is -2.43. The van der Waals surface area contributed by atoms with Crippen molar-refractivity contribution in [1.29, 1.82) is 5.26 Å². The van der Waals surface area contributed by atoms with Crippen molar-refractivity contribution in [2.75, 3.05) is 26.2 Å². The Bertz CT molecular complexity index is 1100. The van der Waals surface area contributed by atoms with Gasteiger partial charge >= 0.3 is 0 Å². The van der Waals surface area contributed by atoms with Gasteiger partial charge in [0.15, 0.2) is 0 Å². The molecule has 0 aliphatic carbocycles. The smallest absolute Gasteiger partial charge is 0.0992 e. The van der Waals surface area contributed by atoms with Crippen LogP contribution in [0.3, 0.4) is 0 Å². The number of hydrogen-bond donors (Lipinski definition) is 1. The van der Waals surface area contributed by atoms with Gasteiger partial charge in [0.1, 0.15) is 0 Å². The quantitative estimate of drug-likeness (QED) is 0.370. The Kier molecular flexibility index (Phi) is 12.9. The molecular weight excluding hydrogens is 444 g/mol. The number of aromatic nitrogens is 2. The normalized spacial score (nSPS) is 15.2. The summed E-state index contributed by atoms with van der Waals surface area (Å²) < 4.78 is 0. The van der Waals surface area contributed by atoms with Crippen molar-refractivity contribution in [1.82, 2.24) is 20.2 Å². The van der Waals surface area contributed by atoms with Gasteiger partial charge in [-0.15, -0.1) is 0 Å². The van der Waals surface area contributed by atoms with Gasteiger partial charge in [-0.1, -0.05) is 38.5 Å². The number of allylic oxidation sites excluding steroid dienone is 5. The summed E-state index contributed by atoms with van der Waals surface area (Å²) in [7, 11) is 0. The van der Waals surface area contributed by atoms with Crippen LogP contribution in [0.1, 0.15) is 64.4 Å². The molecule has 6 nitrogen and oxygen atoms in total. The lowest BCUT2D eigenvalue weighted by atomic mass is 9.95. The molecule has 190 valence electrons. The van der Waals surface area contributed by atoms with Gasteiger partial charge in [0, 0.05) is 73.0 Å². The maximum atomic E-state index is 8.55. The number of nitrogens with one attached hydrogen (secondary N) is 1. The molecule has 3 rings (SSSR count). The van der Waals surface area contributed by atoms with Crippen molar-refractivity contribution in [3.05, 3.63) is 89.3 Å². The fraction of sp³-hybridized carbons (Fsp3) is 0.400. The summed E-state index contributed by atoms with van der Waals surface area (Å²) in [6.07, 6.45) is 12.7. The van der Waals surface area contributed by atoms with Crippen LogP contribution < -0.4 is 5.32 Å². The van der Waals surface area contributed by atoms with Crippen LogP contribution in [0.25, 0.3) is 5.57 Å². The molecule has 1 saturated heterocycles. The predicted octanol–water partition coefficient (Wildman–Crippen LogP) is 5.95. The fourth-order valence-electron chi connectivity index (χ4n) is 4.03. The van der Waals surface area contributed by atoms with Crippen molar-refractivity contribution in [3.8, 4) is 6.07 Å². The van der Waals surface area contributed by atoms with E-state index in [2.05, 4.69) is 79.1 Å². The Labute approximate surface area is 217 Å². The van der Waals surface area contributed by atoms with Gasteiger partial charge < -0.3 is 10.2 Å². The zero-order valence-corrected chi connectivity index (χ0v) is 22.5. The van der Waals surface area contributed by atoms with Crippen molar-refractivity contribution in [2.45, 2.75) is 53.9 Å². The molecule has 0 amide bonds. The van der Waals surface area contributed by atoms with E-state index in [0.29, 0.717) is 5.56 Å². The zero-order valence-electron chi connectivity index (χ0n) is 22.5. The third-order valence-corrected chi connectivity index (χ3v) is 5.87. The highest BCUT2D eigenvalue weighted by atomic mass is 15.2. The van der Waals surface area contributed by atoms with Crippen molar-refractivity contribution < 1.29 is 0 Å². The van der Waals surface area contributed by atoms with E-state index in [9.17, 15) is 0 Å². The van der Waals surface area contributed by atoms with Gasteiger partial charge in [0.25, 0.3) is 0 Å². The van der Waals surface area contributed by atoms with E-state index in [1.807, 2.05) is 30.6 Å². The third kappa shape index (κ3) is 8.90. The summed E-state index contributed by atoms with van der Waals surface area (Å²) in [5.74, 6) is 0. The highest BCUT2D eigenvalue weighted by molar-refractivity contribution is 6.12. The van der Waals surface area contributed by atoms with E-state index in [4.69, 9.17) is 10.3 Å². The number of piperazine rings is 1. The third-order valence-electron chi connectivity index (χ3n) is 5.87. The van der Waals surface area contributed by atoms with Crippen LogP contribution in [0.5, 0.6) is 0 Å². The van der Waals surface area contributed by atoms with Gasteiger partial charge in [0.2, 0.25) is 0 Å². The molecule has 0 aromatic carbocycles. The second-order valence-corrected chi connectivity index (χ2v) is 8.52. The Morgan fingerprint density at radius 1 is 1.14 bits per heavy atom. The molecule has 3 heterocycles. The van der Waals surface area contributed by atoms with Crippen molar-refractivity contribution in [3.63, 3.8) is 0 Å². The Balaban J connectivity index is 0.000000346. The summed E-state index contributed by atoms with van der Waals surface area (Å²) in [6, 6.07) is 11.7. The lowest BCUT2D eigenvalue weighted by Gasteiger charge is -2.32. The number of hydrogen-bond acceptors (Lipinski definition) is 6. The first-order valence-corrected chi connectivity index (χ1v) is 12.8. The first kappa shape index (κ1) is 28.7. The van der Waals surface area contributed by atoms with Gasteiger partial charge in [-0.2, -0.15) is 5.26 Å². The average Bonchev–Trinajstić information content (AvgIpc) is 2.93. The van der Waals surface area contributed by atoms with E-state index < -0.39 is 0 Å². The minimum Gasteiger partial charge on any atom is -0.372 e. The highest BCUT2D eigenvalue weighted by Crippen LogP contribution is 2.27. The van der Waals surface area contributed by atoms with Crippen LogP contribution in [-0.4, -0.2) is 46.8 Å². The molecule has 0 spiro atoms. The van der Waals surface area contributed by atoms with Gasteiger partial charge in [-0.05, 0) is 57.9 Å². The monoisotopic (exact) mass is 484 g/mol. The van der Waals surface area contributed by atoms with Crippen LogP contribution in [0, 0.1) is 11.3 Å². The summed E-state index contributed by atoms with van der Waals surface area (Å²) in [5, 5.41) is 12.0. The number of pyridine rings is 2. The summed E-state index contributed by atoms with van der Waals surface area (Å²) in [5.41, 5.74) is 7.32. The van der Waals surface area contributed by atoms with Crippen molar-refractivity contribution in [2.24, 2.45) is 4.99 Å². The summed E-state index contributed by atoms with van der Waals surface area (Å²) in [4.78, 5) is 15.8. The van der Waals surface area contributed by atoms with Gasteiger partial charge in [-0.25, -0.2) is 0 Å². The van der Waals surface area contributed by atoms with Crippen LogP contribution in [0.2, 0.25) is 0 Å². The van der Waals surface area contributed by atoms with E-state index in [-0.39, 0.29) is 0 Å². The molecule has 0 radical (unpaired) electrons. The van der Waals surface area contributed by atoms with E-state index in [1.54, 1.807) is 12.3 Å². The molecular formula is C30H40N6. The Hall–Kier alpha value is -3.56. The number of aryl methyl sites for hydroxylation is 1. The maximum absolute atomic E-state index is 8.55. The molecule has 0 bridgehead atoms. The first-order valence-electron chi connectivity index (χ1n) is 12.8. The molecule has 0 unspecified atom stereocenters. The highest BCUT2D eigenvalue weighted by Gasteiger charge is 2.19. The molecule has 0 atom stereocenters. The molecule has 6 heteroatoms. The minimum atomic E-state index is 0.698. The molecule has 1 aliphatic rings. The van der Waals surface area contributed by atoms with Gasteiger partial charge in [-0.3, -0.25) is 15.0 Å². The standard InChI is InChI=1S/C21H30N4.C9H10N2/c1-5-7-11-23-17(3)21(18(4)25-15-13-22-14-16-25)19(6-2)20-10-8-9-12-24-20;1-2-3-9-6-8(7-10)4-5-11-9/h6-12,22H,5,13-16H2,1-4H3;4-6H,2-3H2,1H3/b11-7+,19-6-,21-18-,23-17+;. The molecule has 1 aliphatic heterocycles. The summed E-state index contributed by atoms with van der Waals surface area (Å²) in [6.45, 7) is 14.7. The number of nitriles is 1. The first-order chi connectivity index (χ1) is 17.5. The van der Waals surface area contributed by atoms with Crippen molar-refractivity contribution >= 4 is 11.3 Å². The second-order valence-electron chi connectivity index (χ2n) is 8.52. The van der Waals surface area contributed by atoms with E-state index in [0.717, 1.165) is 68.1 Å². The van der Waals surface area contributed by atoms with E-state index in [1.165, 1.54) is 11.3 Å².